The first-order valence-electron chi connectivity index (χ1n) is 8.67. The quantitative estimate of drug-likeness (QED) is 0.928. The summed E-state index contributed by atoms with van der Waals surface area (Å²) in [7, 11) is 0. The highest BCUT2D eigenvalue weighted by molar-refractivity contribution is 5.79. The van der Waals surface area contributed by atoms with Gasteiger partial charge >= 0.3 is 0 Å². The fraction of sp³-hybridized carbons (Fsp3) is 0.421. The number of anilines is 1. The number of carbonyl (C=O) groups is 1. The molecule has 0 bridgehead atoms. The number of nitrogens with one attached hydrogen (secondary N) is 1. The second-order valence-electron chi connectivity index (χ2n) is 6.69. The van der Waals surface area contributed by atoms with E-state index in [0.29, 0.717) is 12.4 Å². The van der Waals surface area contributed by atoms with E-state index >= 15 is 0 Å². The molecule has 3 rings (SSSR count). The Hall–Kier alpha value is -2.50. The highest BCUT2D eigenvalue weighted by atomic mass is 19.1. The molecule has 0 radical (unpaired) electrons. The summed E-state index contributed by atoms with van der Waals surface area (Å²) < 4.78 is 13.1. The molecule has 6 heteroatoms. The highest BCUT2D eigenvalue weighted by Crippen LogP contribution is 2.24. The van der Waals surface area contributed by atoms with E-state index in [4.69, 9.17) is 0 Å². The second-order valence-corrected chi connectivity index (χ2v) is 6.69. The summed E-state index contributed by atoms with van der Waals surface area (Å²) in [4.78, 5) is 23.3. The summed E-state index contributed by atoms with van der Waals surface area (Å²) in [6.07, 6.45) is 3.55. The number of halogens is 1. The van der Waals surface area contributed by atoms with Gasteiger partial charge in [-0.2, -0.15) is 0 Å². The first-order chi connectivity index (χ1) is 12.0. The van der Waals surface area contributed by atoms with E-state index in [1.165, 1.54) is 12.1 Å². The third kappa shape index (κ3) is 4.32. The Kier molecular flexibility index (Phi) is 5.26. The van der Waals surface area contributed by atoms with Crippen molar-refractivity contribution >= 4 is 11.7 Å². The van der Waals surface area contributed by atoms with E-state index in [2.05, 4.69) is 20.2 Å². The topological polar surface area (TPSA) is 58.1 Å². The predicted octanol–water partition coefficient (Wildman–Crippen LogP) is 3.02. The molecular weight excluding hydrogens is 319 g/mol. The molecule has 1 aromatic heterocycles. The molecule has 1 aromatic carbocycles. The summed E-state index contributed by atoms with van der Waals surface area (Å²) in [5, 5.41) is 2.99. The number of nitrogens with zero attached hydrogens (tertiary/aromatic N) is 3. The number of hydrogen-bond acceptors (Lipinski definition) is 4. The van der Waals surface area contributed by atoms with Crippen molar-refractivity contribution in [1.82, 2.24) is 15.3 Å². The van der Waals surface area contributed by atoms with Gasteiger partial charge in [-0.3, -0.25) is 4.79 Å². The zero-order valence-electron chi connectivity index (χ0n) is 14.6. The van der Waals surface area contributed by atoms with E-state index in [1.807, 2.05) is 19.9 Å². The largest absolute Gasteiger partial charge is 0.356 e. The van der Waals surface area contributed by atoms with E-state index in [-0.39, 0.29) is 23.7 Å². The summed E-state index contributed by atoms with van der Waals surface area (Å²) in [6.45, 7) is 5.46. The summed E-state index contributed by atoms with van der Waals surface area (Å²) in [5.74, 6) is 1.16. The number of piperidine rings is 1. The molecule has 1 fully saturated rings. The number of aromatic nitrogens is 2. The number of carbonyl (C=O) groups excluding carboxylic acids is 1. The van der Waals surface area contributed by atoms with Crippen LogP contribution >= 0.6 is 0 Å². The smallest absolute Gasteiger partial charge is 0.225 e. The Labute approximate surface area is 147 Å². The van der Waals surface area contributed by atoms with Crippen LogP contribution in [0, 0.1) is 11.7 Å². The average molecular weight is 342 g/mol. The number of hydrogen-bond donors (Lipinski definition) is 1. The monoisotopic (exact) mass is 342 g/mol. The number of rotatable bonds is 4. The van der Waals surface area contributed by atoms with Gasteiger partial charge in [0.1, 0.15) is 11.6 Å². The van der Waals surface area contributed by atoms with Crippen LogP contribution in [0.25, 0.3) is 11.4 Å². The Balaban J connectivity index is 1.76. The predicted molar refractivity (Wildman–Crippen MR) is 95.6 cm³/mol. The van der Waals surface area contributed by atoms with Crippen molar-refractivity contribution in [3.05, 3.63) is 42.3 Å². The van der Waals surface area contributed by atoms with Crippen LogP contribution < -0.4 is 10.2 Å². The van der Waals surface area contributed by atoms with Crippen LogP contribution in [0.15, 0.2) is 36.5 Å². The van der Waals surface area contributed by atoms with Crippen LogP contribution in [-0.2, 0) is 4.79 Å². The van der Waals surface area contributed by atoms with E-state index in [1.54, 1.807) is 18.3 Å². The SMILES string of the molecule is CC(C)NC(=O)C1CCCN(c2ccnc(-c3ccc(F)cc3)n2)C1. The Morgan fingerprint density at radius 1 is 1.28 bits per heavy atom. The molecule has 1 aliphatic heterocycles. The fourth-order valence-electron chi connectivity index (χ4n) is 3.06. The average Bonchev–Trinajstić information content (AvgIpc) is 2.62. The van der Waals surface area contributed by atoms with Crippen molar-refractivity contribution in [3.8, 4) is 11.4 Å². The molecule has 132 valence electrons. The highest BCUT2D eigenvalue weighted by Gasteiger charge is 2.27. The van der Waals surface area contributed by atoms with Crippen LogP contribution in [0.1, 0.15) is 26.7 Å². The maximum Gasteiger partial charge on any atom is 0.225 e. The number of benzene rings is 1. The van der Waals surface area contributed by atoms with Gasteiger partial charge in [0.2, 0.25) is 5.91 Å². The molecule has 1 unspecified atom stereocenters. The third-order valence-electron chi connectivity index (χ3n) is 4.29. The lowest BCUT2D eigenvalue weighted by molar-refractivity contribution is -0.125. The van der Waals surface area contributed by atoms with Gasteiger partial charge in [-0.25, -0.2) is 14.4 Å². The van der Waals surface area contributed by atoms with Crippen LogP contribution in [0.3, 0.4) is 0 Å². The van der Waals surface area contributed by atoms with Gasteiger partial charge in [0.25, 0.3) is 0 Å². The molecule has 0 aliphatic carbocycles. The minimum atomic E-state index is -0.282. The zero-order chi connectivity index (χ0) is 17.8. The molecule has 1 N–H and O–H groups in total. The first-order valence-corrected chi connectivity index (χ1v) is 8.67. The lowest BCUT2D eigenvalue weighted by Crippen LogP contribution is -2.45. The van der Waals surface area contributed by atoms with E-state index < -0.39 is 0 Å². The molecule has 1 amide bonds. The lowest BCUT2D eigenvalue weighted by Gasteiger charge is -2.33. The molecular formula is C19H23FN4O. The van der Waals surface area contributed by atoms with Crippen molar-refractivity contribution in [2.75, 3.05) is 18.0 Å². The fourth-order valence-corrected chi connectivity index (χ4v) is 3.06. The first kappa shape index (κ1) is 17.3. The van der Waals surface area contributed by atoms with Crippen molar-refractivity contribution in [2.45, 2.75) is 32.7 Å². The lowest BCUT2D eigenvalue weighted by atomic mass is 9.97. The van der Waals surface area contributed by atoms with Crippen LogP contribution in [0.5, 0.6) is 0 Å². The molecule has 0 spiro atoms. The summed E-state index contributed by atoms with van der Waals surface area (Å²) in [6, 6.07) is 8.15. The van der Waals surface area contributed by atoms with E-state index in [0.717, 1.165) is 30.8 Å². The van der Waals surface area contributed by atoms with Crippen molar-refractivity contribution in [1.29, 1.82) is 0 Å². The maximum atomic E-state index is 13.1. The van der Waals surface area contributed by atoms with Gasteiger partial charge in [-0.05, 0) is 57.0 Å². The minimum Gasteiger partial charge on any atom is -0.356 e. The van der Waals surface area contributed by atoms with Gasteiger partial charge < -0.3 is 10.2 Å². The van der Waals surface area contributed by atoms with Crippen LogP contribution in [-0.4, -0.2) is 35.0 Å². The molecule has 25 heavy (non-hydrogen) atoms. The van der Waals surface area contributed by atoms with Gasteiger partial charge in [0.05, 0.1) is 5.92 Å². The van der Waals surface area contributed by atoms with Crippen molar-refractivity contribution in [3.63, 3.8) is 0 Å². The molecule has 1 saturated heterocycles. The van der Waals surface area contributed by atoms with Crippen LogP contribution in [0.2, 0.25) is 0 Å². The van der Waals surface area contributed by atoms with Crippen molar-refractivity contribution in [2.24, 2.45) is 5.92 Å². The molecule has 1 atom stereocenters. The molecule has 1 aliphatic rings. The normalized spacial score (nSPS) is 17.6. The minimum absolute atomic E-state index is 0.0274. The van der Waals surface area contributed by atoms with Gasteiger partial charge in [0, 0.05) is 30.9 Å². The van der Waals surface area contributed by atoms with Crippen LogP contribution in [0.4, 0.5) is 10.2 Å². The number of amides is 1. The summed E-state index contributed by atoms with van der Waals surface area (Å²) in [5.41, 5.74) is 0.773. The molecule has 2 heterocycles. The van der Waals surface area contributed by atoms with Gasteiger partial charge in [-0.15, -0.1) is 0 Å². The Morgan fingerprint density at radius 3 is 2.76 bits per heavy atom. The standard InChI is InChI=1S/C19H23FN4O/c1-13(2)22-19(25)15-4-3-11-24(12-15)17-9-10-21-18(23-17)14-5-7-16(20)8-6-14/h5-10,13,15H,3-4,11-12H2,1-2H3,(H,22,25). The molecule has 0 saturated carbocycles. The Bertz CT molecular complexity index is 732. The van der Waals surface area contributed by atoms with Gasteiger partial charge in [0.15, 0.2) is 5.82 Å². The second kappa shape index (κ2) is 7.59. The zero-order valence-corrected chi connectivity index (χ0v) is 14.6. The van der Waals surface area contributed by atoms with Crippen molar-refractivity contribution < 1.29 is 9.18 Å². The third-order valence-corrected chi connectivity index (χ3v) is 4.29. The summed E-state index contributed by atoms with van der Waals surface area (Å²) >= 11 is 0. The van der Waals surface area contributed by atoms with Gasteiger partial charge in [-0.1, -0.05) is 0 Å². The Morgan fingerprint density at radius 2 is 2.04 bits per heavy atom. The maximum absolute atomic E-state index is 13.1. The van der Waals surface area contributed by atoms with E-state index in [9.17, 15) is 9.18 Å². The molecule has 5 nitrogen and oxygen atoms in total. The molecule has 2 aromatic rings.